The minimum absolute atomic E-state index is 0.105. The van der Waals surface area contributed by atoms with Gasteiger partial charge in [-0.3, -0.25) is 4.72 Å². The van der Waals surface area contributed by atoms with Crippen molar-refractivity contribution in [3.05, 3.63) is 52.5 Å². The second-order valence-electron chi connectivity index (χ2n) is 5.82. The van der Waals surface area contributed by atoms with Crippen molar-refractivity contribution >= 4 is 27.3 Å². The number of anilines is 1. The molecule has 0 fully saturated rings. The lowest BCUT2D eigenvalue weighted by atomic mass is 9.99. The molecule has 0 amide bonds. The third-order valence-electron chi connectivity index (χ3n) is 3.68. The van der Waals surface area contributed by atoms with Gasteiger partial charge in [0.2, 0.25) is 0 Å². The predicted octanol–water partition coefficient (Wildman–Crippen LogP) is 4.97. The molecular weight excluding hydrogens is 346 g/mol. The number of nitrogens with one attached hydrogen (secondary N) is 1. The van der Waals surface area contributed by atoms with Gasteiger partial charge in [-0.05, 0) is 49.1 Å². The van der Waals surface area contributed by atoms with Crippen molar-refractivity contribution in [3.8, 4) is 5.75 Å². The Bertz CT molecular complexity index is 832. The summed E-state index contributed by atoms with van der Waals surface area (Å²) in [6.45, 7) is 8.24. The second kappa shape index (κ2) is 7.45. The molecule has 0 aliphatic heterocycles. The molecular formula is C18H22ClNO3S. The SMILES string of the molecule is CCOc1ccc(S(=O)(=O)Nc2c(C)cccc2C(C)C)cc1Cl. The van der Waals surface area contributed by atoms with Crippen LogP contribution in [0.15, 0.2) is 41.3 Å². The molecule has 0 aliphatic rings. The Kier molecular flexibility index (Phi) is 5.78. The maximum Gasteiger partial charge on any atom is 0.261 e. The van der Waals surface area contributed by atoms with Crippen LogP contribution in [0.4, 0.5) is 5.69 Å². The predicted molar refractivity (Wildman–Crippen MR) is 98.7 cm³/mol. The maximum atomic E-state index is 12.7. The second-order valence-corrected chi connectivity index (χ2v) is 7.91. The van der Waals surface area contributed by atoms with Crippen LogP contribution in [-0.2, 0) is 10.0 Å². The van der Waals surface area contributed by atoms with Crippen molar-refractivity contribution < 1.29 is 13.2 Å². The topological polar surface area (TPSA) is 55.4 Å². The number of sulfonamides is 1. The molecule has 2 aromatic carbocycles. The van der Waals surface area contributed by atoms with Crippen LogP contribution in [0.3, 0.4) is 0 Å². The van der Waals surface area contributed by atoms with Crippen molar-refractivity contribution in [2.45, 2.75) is 38.5 Å². The molecule has 4 nitrogen and oxygen atoms in total. The number of hydrogen-bond acceptors (Lipinski definition) is 3. The summed E-state index contributed by atoms with van der Waals surface area (Å²) in [5.74, 6) is 0.670. The van der Waals surface area contributed by atoms with E-state index in [0.29, 0.717) is 18.0 Å². The molecule has 1 N–H and O–H groups in total. The first-order chi connectivity index (χ1) is 11.3. The van der Waals surface area contributed by atoms with E-state index in [1.807, 2.05) is 45.9 Å². The van der Waals surface area contributed by atoms with Crippen LogP contribution in [0.2, 0.25) is 5.02 Å². The van der Waals surface area contributed by atoms with Gasteiger partial charge in [0.05, 0.1) is 22.2 Å². The average molecular weight is 368 g/mol. The monoisotopic (exact) mass is 367 g/mol. The number of benzene rings is 2. The molecule has 0 bridgehead atoms. The summed E-state index contributed by atoms with van der Waals surface area (Å²) >= 11 is 6.11. The van der Waals surface area contributed by atoms with Gasteiger partial charge >= 0.3 is 0 Å². The van der Waals surface area contributed by atoms with Crippen LogP contribution in [0.5, 0.6) is 5.75 Å². The smallest absolute Gasteiger partial charge is 0.261 e. The summed E-state index contributed by atoms with van der Waals surface area (Å²) in [5, 5.41) is 0.272. The fraction of sp³-hybridized carbons (Fsp3) is 0.333. The molecule has 0 atom stereocenters. The first-order valence-corrected chi connectivity index (χ1v) is 9.67. The van der Waals surface area contributed by atoms with Crippen LogP contribution < -0.4 is 9.46 Å². The third kappa shape index (κ3) is 4.02. The van der Waals surface area contributed by atoms with E-state index in [1.54, 1.807) is 6.07 Å². The van der Waals surface area contributed by atoms with Gasteiger partial charge in [-0.2, -0.15) is 0 Å². The summed E-state index contributed by atoms with van der Waals surface area (Å²) in [5.41, 5.74) is 2.45. The molecule has 0 radical (unpaired) electrons. The number of aryl methyl sites for hydroxylation is 1. The van der Waals surface area contributed by atoms with Gasteiger partial charge in [0, 0.05) is 0 Å². The minimum Gasteiger partial charge on any atom is -0.492 e. The molecule has 130 valence electrons. The minimum atomic E-state index is -3.74. The third-order valence-corrected chi connectivity index (χ3v) is 5.32. The van der Waals surface area contributed by atoms with E-state index in [0.717, 1.165) is 11.1 Å². The van der Waals surface area contributed by atoms with Crippen LogP contribution in [0.25, 0.3) is 0 Å². The van der Waals surface area contributed by atoms with Crippen LogP contribution in [0, 0.1) is 6.92 Å². The van der Waals surface area contributed by atoms with E-state index >= 15 is 0 Å². The maximum absolute atomic E-state index is 12.7. The summed E-state index contributed by atoms with van der Waals surface area (Å²) in [6.07, 6.45) is 0. The zero-order valence-corrected chi connectivity index (χ0v) is 15.8. The Hall–Kier alpha value is -1.72. The quantitative estimate of drug-likeness (QED) is 0.784. The molecule has 24 heavy (non-hydrogen) atoms. The number of rotatable bonds is 6. The Morgan fingerprint density at radius 1 is 1.21 bits per heavy atom. The molecule has 0 spiro atoms. The summed E-state index contributed by atoms with van der Waals surface area (Å²) in [6, 6.07) is 10.2. The normalized spacial score (nSPS) is 11.6. The number of ether oxygens (including phenoxy) is 1. The highest BCUT2D eigenvalue weighted by molar-refractivity contribution is 7.92. The van der Waals surface area contributed by atoms with E-state index in [-0.39, 0.29) is 15.8 Å². The fourth-order valence-corrected chi connectivity index (χ4v) is 3.91. The molecule has 0 heterocycles. The van der Waals surface area contributed by atoms with Crippen LogP contribution in [-0.4, -0.2) is 15.0 Å². The van der Waals surface area contributed by atoms with E-state index in [1.165, 1.54) is 12.1 Å². The van der Waals surface area contributed by atoms with Gasteiger partial charge in [0.25, 0.3) is 10.0 Å². The highest BCUT2D eigenvalue weighted by atomic mass is 35.5. The van der Waals surface area contributed by atoms with Gasteiger partial charge in [-0.1, -0.05) is 43.6 Å². The molecule has 6 heteroatoms. The molecule has 0 aliphatic carbocycles. The van der Waals surface area contributed by atoms with Crippen LogP contribution in [0.1, 0.15) is 37.8 Å². The Labute approximate surface area is 148 Å². The first kappa shape index (κ1) is 18.6. The lowest BCUT2D eigenvalue weighted by Gasteiger charge is -2.17. The number of halogens is 1. The lowest BCUT2D eigenvalue weighted by molar-refractivity contribution is 0.340. The number of para-hydroxylation sites is 1. The lowest BCUT2D eigenvalue weighted by Crippen LogP contribution is -2.15. The van der Waals surface area contributed by atoms with Crippen molar-refractivity contribution in [1.82, 2.24) is 0 Å². The zero-order valence-electron chi connectivity index (χ0n) is 14.3. The fourth-order valence-electron chi connectivity index (χ4n) is 2.43. The average Bonchev–Trinajstić information content (AvgIpc) is 2.51. The Balaban J connectivity index is 2.41. The zero-order chi connectivity index (χ0) is 17.9. The van der Waals surface area contributed by atoms with E-state index in [4.69, 9.17) is 16.3 Å². The van der Waals surface area contributed by atoms with Crippen molar-refractivity contribution in [2.24, 2.45) is 0 Å². The van der Waals surface area contributed by atoms with Gasteiger partial charge in [-0.25, -0.2) is 8.42 Å². The molecule has 0 saturated heterocycles. The molecule has 2 rings (SSSR count). The largest absolute Gasteiger partial charge is 0.492 e. The first-order valence-electron chi connectivity index (χ1n) is 7.81. The standard InChI is InChI=1S/C18H22ClNO3S/c1-5-23-17-10-9-14(11-16(17)19)24(21,22)20-18-13(4)7-6-8-15(18)12(2)3/h6-12,20H,5H2,1-4H3. The van der Waals surface area contributed by atoms with E-state index in [9.17, 15) is 8.42 Å². The van der Waals surface area contributed by atoms with Gasteiger partial charge in [-0.15, -0.1) is 0 Å². The van der Waals surface area contributed by atoms with E-state index in [2.05, 4.69) is 4.72 Å². The van der Waals surface area contributed by atoms with Crippen molar-refractivity contribution in [1.29, 1.82) is 0 Å². The summed E-state index contributed by atoms with van der Waals surface area (Å²) < 4.78 is 33.5. The van der Waals surface area contributed by atoms with E-state index < -0.39 is 10.0 Å². The van der Waals surface area contributed by atoms with Crippen molar-refractivity contribution in [3.63, 3.8) is 0 Å². The Morgan fingerprint density at radius 2 is 1.92 bits per heavy atom. The van der Waals surface area contributed by atoms with Gasteiger partial charge < -0.3 is 4.74 Å². The Morgan fingerprint density at radius 3 is 2.50 bits per heavy atom. The highest BCUT2D eigenvalue weighted by Gasteiger charge is 2.19. The molecule has 2 aromatic rings. The van der Waals surface area contributed by atoms with Crippen molar-refractivity contribution in [2.75, 3.05) is 11.3 Å². The molecule has 0 saturated carbocycles. The molecule has 0 unspecified atom stereocenters. The van der Waals surface area contributed by atoms with Crippen LogP contribution >= 0.6 is 11.6 Å². The number of hydrogen-bond donors (Lipinski definition) is 1. The highest BCUT2D eigenvalue weighted by Crippen LogP contribution is 2.31. The van der Waals surface area contributed by atoms with Gasteiger partial charge in [0.15, 0.2) is 0 Å². The summed E-state index contributed by atoms with van der Waals surface area (Å²) in [4.78, 5) is 0.105. The van der Waals surface area contributed by atoms with Gasteiger partial charge in [0.1, 0.15) is 5.75 Å². The molecule has 0 aromatic heterocycles. The summed E-state index contributed by atoms with van der Waals surface area (Å²) in [7, 11) is -3.74.